The van der Waals surface area contributed by atoms with Crippen molar-refractivity contribution < 1.29 is 27.6 Å². The number of benzene rings is 1. The third-order valence-electron chi connectivity index (χ3n) is 5.24. The van der Waals surface area contributed by atoms with Gasteiger partial charge in [-0.3, -0.25) is 19.4 Å². The lowest BCUT2D eigenvalue weighted by molar-refractivity contribution is -0.146. The second-order valence-electron chi connectivity index (χ2n) is 7.67. The zero-order valence-corrected chi connectivity index (χ0v) is 17.7. The van der Waals surface area contributed by atoms with Crippen LogP contribution in [-0.2, 0) is 15.8 Å². The van der Waals surface area contributed by atoms with Crippen LogP contribution in [0.25, 0.3) is 0 Å². The molecule has 1 aromatic carbocycles. The van der Waals surface area contributed by atoms with Gasteiger partial charge in [-0.05, 0) is 42.5 Å². The molecule has 1 aliphatic heterocycles. The SMILES string of the molecule is C[C@H]1CCC(c2ccc(C(F)(F)F)c(Cl)c2)N(C(=O)C(=O)Nc2cncc(C(N)=O)c2)C1. The maximum absolute atomic E-state index is 13.0. The fourth-order valence-corrected chi connectivity index (χ4v) is 3.95. The Morgan fingerprint density at radius 1 is 1.19 bits per heavy atom. The number of carbonyl (C=O) groups excluding carboxylic acids is 3. The Kier molecular flexibility index (Phi) is 6.73. The Morgan fingerprint density at radius 3 is 2.53 bits per heavy atom. The number of likely N-dealkylation sites (tertiary alicyclic amines) is 1. The number of rotatable bonds is 3. The second-order valence-corrected chi connectivity index (χ2v) is 8.08. The zero-order chi connectivity index (χ0) is 23.6. The zero-order valence-electron chi connectivity index (χ0n) is 16.9. The molecule has 11 heteroatoms. The molecule has 0 spiro atoms. The van der Waals surface area contributed by atoms with Crippen molar-refractivity contribution in [1.82, 2.24) is 9.88 Å². The summed E-state index contributed by atoms with van der Waals surface area (Å²) in [7, 11) is 0. The predicted octanol–water partition coefficient (Wildman–Crippen LogP) is 3.79. The lowest BCUT2D eigenvalue weighted by Gasteiger charge is -2.38. The standard InChI is InChI=1S/C21H20ClF3N4O3/c1-11-2-5-17(12-3-4-15(16(22)7-12)21(23,24)25)29(10-11)20(32)19(31)28-14-6-13(18(26)30)8-27-9-14/h3-4,6-9,11,17H,2,5,10H2,1H3,(H2,26,30)(H,28,31)/t11-,17?/m0/s1. The summed E-state index contributed by atoms with van der Waals surface area (Å²) in [4.78, 5) is 42.0. The molecule has 3 amide bonds. The van der Waals surface area contributed by atoms with Crippen molar-refractivity contribution in [1.29, 1.82) is 0 Å². The van der Waals surface area contributed by atoms with E-state index in [1.807, 2.05) is 6.92 Å². The normalized spacial score (nSPS) is 18.8. The molecular weight excluding hydrogens is 449 g/mol. The van der Waals surface area contributed by atoms with Crippen molar-refractivity contribution in [3.8, 4) is 0 Å². The van der Waals surface area contributed by atoms with Crippen LogP contribution in [-0.4, -0.2) is 34.2 Å². The van der Waals surface area contributed by atoms with E-state index in [1.165, 1.54) is 35.5 Å². The highest BCUT2D eigenvalue weighted by Crippen LogP contribution is 2.39. The third kappa shape index (κ3) is 5.18. The van der Waals surface area contributed by atoms with Gasteiger partial charge in [-0.1, -0.05) is 24.6 Å². The van der Waals surface area contributed by atoms with Crippen LogP contribution in [0.15, 0.2) is 36.7 Å². The summed E-state index contributed by atoms with van der Waals surface area (Å²) in [5.41, 5.74) is 4.80. The number of hydrogen-bond donors (Lipinski definition) is 2. The number of anilines is 1. The molecule has 2 aromatic rings. The van der Waals surface area contributed by atoms with Gasteiger partial charge in [0.1, 0.15) is 0 Å². The molecule has 32 heavy (non-hydrogen) atoms. The van der Waals surface area contributed by atoms with E-state index in [-0.39, 0.29) is 23.7 Å². The average Bonchev–Trinajstić information content (AvgIpc) is 2.72. The second kappa shape index (κ2) is 9.15. The Labute approximate surface area is 186 Å². The lowest BCUT2D eigenvalue weighted by atomic mass is 9.89. The molecule has 170 valence electrons. The number of aromatic nitrogens is 1. The van der Waals surface area contributed by atoms with Crippen molar-refractivity contribution >= 4 is 35.0 Å². The number of nitrogens with zero attached hydrogens (tertiary/aromatic N) is 2. The highest BCUT2D eigenvalue weighted by Gasteiger charge is 2.37. The maximum Gasteiger partial charge on any atom is 0.417 e. The van der Waals surface area contributed by atoms with Crippen LogP contribution in [0.3, 0.4) is 0 Å². The van der Waals surface area contributed by atoms with E-state index < -0.39 is 40.5 Å². The Bertz CT molecular complexity index is 1060. The van der Waals surface area contributed by atoms with Crippen LogP contribution >= 0.6 is 11.6 Å². The highest BCUT2D eigenvalue weighted by molar-refractivity contribution is 6.39. The minimum atomic E-state index is -4.60. The van der Waals surface area contributed by atoms with Gasteiger partial charge in [0, 0.05) is 12.7 Å². The summed E-state index contributed by atoms with van der Waals surface area (Å²) < 4.78 is 39.1. The number of alkyl halides is 3. The molecule has 3 rings (SSSR count). The van der Waals surface area contributed by atoms with Crippen molar-refractivity contribution in [3.05, 3.63) is 58.4 Å². The Morgan fingerprint density at radius 2 is 1.91 bits per heavy atom. The van der Waals surface area contributed by atoms with Crippen LogP contribution < -0.4 is 11.1 Å². The van der Waals surface area contributed by atoms with Gasteiger partial charge in [0.15, 0.2) is 0 Å². The smallest absolute Gasteiger partial charge is 0.366 e. The third-order valence-corrected chi connectivity index (χ3v) is 5.55. The molecule has 0 bridgehead atoms. The molecule has 3 N–H and O–H groups in total. The molecule has 1 fully saturated rings. The molecule has 1 aromatic heterocycles. The topological polar surface area (TPSA) is 105 Å². The maximum atomic E-state index is 13.0. The summed E-state index contributed by atoms with van der Waals surface area (Å²) in [5, 5.41) is 1.91. The number of pyridine rings is 1. The fourth-order valence-electron chi connectivity index (χ4n) is 3.65. The molecule has 1 saturated heterocycles. The Hall–Kier alpha value is -3.14. The van der Waals surface area contributed by atoms with Gasteiger partial charge >= 0.3 is 18.0 Å². The number of piperidine rings is 1. The molecule has 0 radical (unpaired) electrons. The van der Waals surface area contributed by atoms with E-state index in [2.05, 4.69) is 10.3 Å². The summed E-state index contributed by atoms with van der Waals surface area (Å²) >= 11 is 5.85. The first-order valence-electron chi connectivity index (χ1n) is 9.70. The number of nitrogens with two attached hydrogens (primary N) is 1. The molecule has 7 nitrogen and oxygen atoms in total. The minimum Gasteiger partial charge on any atom is -0.366 e. The van der Waals surface area contributed by atoms with Gasteiger partial charge in [-0.15, -0.1) is 0 Å². The molecule has 0 saturated carbocycles. The first-order valence-corrected chi connectivity index (χ1v) is 10.1. The Balaban J connectivity index is 1.84. The summed E-state index contributed by atoms with van der Waals surface area (Å²) in [6.45, 7) is 2.16. The predicted molar refractivity (Wildman–Crippen MR) is 111 cm³/mol. The van der Waals surface area contributed by atoms with Crippen molar-refractivity contribution in [2.24, 2.45) is 11.7 Å². The minimum absolute atomic E-state index is 0.0547. The molecule has 1 aliphatic rings. The molecule has 0 aliphatic carbocycles. The molecule has 2 atom stereocenters. The van der Waals surface area contributed by atoms with Gasteiger partial charge in [-0.25, -0.2) is 0 Å². The van der Waals surface area contributed by atoms with E-state index >= 15 is 0 Å². The number of nitrogens with one attached hydrogen (secondary N) is 1. The van der Waals surface area contributed by atoms with Gasteiger partial charge in [-0.2, -0.15) is 13.2 Å². The summed E-state index contributed by atoms with van der Waals surface area (Å²) in [6.07, 6.45) is -0.945. The van der Waals surface area contributed by atoms with Crippen LogP contribution in [0.1, 0.15) is 47.3 Å². The fraction of sp³-hybridized carbons (Fsp3) is 0.333. The van der Waals surface area contributed by atoms with Gasteiger partial charge in [0.25, 0.3) is 0 Å². The van der Waals surface area contributed by atoms with Gasteiger partial charge in [0.2, 0.25) is 5.91 Å². The van der Waals surface area contributed by atoms with Crippen molar-refractivity contribution in [2.45, 2.75) is 32.0 Å². The number of halogens is 4. The average molecular weight is 469 g/mol. The van der Waals surface area contributed by atoms with Crippen molar-refractivity contribution in [2.75, 3.05) is 11.9 Å². The number of primary amides is 1. The van der Waals surface area contributed by atoms with Crippen LogP contribution in [0, 0.1) is 5.92 Å². The first-order chi connectivity index (χ1) is 15.0. The van der Waals surface area contributed by atoms with E-state index in [0.29, 0.717) is 12.0 Å². The van der Waals surface area contributed by atoms with E-state index in [9.17, 15) is 27.6 Å². The van der Waals surface area contributed by atoms with Gasteiger partial charge < -0.3 is 16.0 Å². The van der Waals surface area contributed by atoms with Crippen LogP contribution in [0.4, 0.5) is 18.9 Å². The number of hydrogen-bond acceptors (Lipinski definition) is 4. The lowest BCUT2D eigenvalue weighted by Crippen LogP contribution is -2.46. The highest BCUT2D eigenvalue weighted by atomic mass is 35.5. The van der Waals surface area contributed by atoms with Gasteiger partial charge in [0.05, 0.1) is 34.1 Å². The van der Waals surface area contributed by atoms with E-state index in [4.69, 9.17) is 17.3 Å². The quantitative estimate of drug-likeness (QED) is 0.668. The van der Waals surface area contributed by atoms with Crippen LogP contribution in [0.2, 0.25) is 5.02 Å². The van der Waals surface area contributed by atoms with Crippen LogP contribution in [0.5, 0.6) is 0 Å². The van der Waals surface area contributed by atoms with E-state index in [0.717, 1.165) is 12.5 Å². The number of amides is 3. The summed E-state index contributed by atoms with van der Waals surface area (Å²) in [6, 6.07) is 4.00. The number of carbonyl (C=O) groups is 3. The molecule has 2 heterocycles. The van der Waals surface area contributed by atoms with E-state index in [1.54, 1.807) is 0 Å². The largest absolute Gasteiger partial charge is 0.417 e. The molecule has 1 unspecified atom stereocenters. The van der Waals surface area contributed by atoms with Crippen molar-refractivity contribution in [3.63, 3.8) is 0 Å². The molecular formula is C21H20ClF3N4O3. The summed E-state index contributed by atoms with van der Waals surface area (Å²) in [5.74, 6) is -2.48. The first kappa shape index (κ1) is 23.5. The monoisotopic (exact) mass is 468 g/mol.